The second-order valence-corrected chi connectivity index (χ2v) is 7.05. The van der Waals surface area contributed by atoms with E-state index in [2.05, 4.69) is 5.32 Å². The normalized spacial score (nSPS) is 17.7. The van der Waals surface area contributed by atoms with Crippen LogP contribution in [0.1, 0.15) is 18.4 Å². The summed E-state index contributed by atoms with van der Waals surface area (Å²) in [5, 5.41) is 2.73. The van der Waals surface area contributed by atoms with Crippen LogP contribution in [0.5, 0.6) is 0 Å². The molecule has 26 heavy (non-hydrogen) atoms. The fraction of sp³-hybridized carbons (Fsp3) is 0.526. The smallest absolute Gasteiger partial charge is 0.311 e. The Balaban J connectivity index is 1.40. The number of carbonyl (C=O) groups is 3. The third-order valence-corrected chi connectivity index (χ3v) is 4.81. The average molecular weight is 358 g/mol. The maximum atomic E-state index is 12.4. The number of hydrogen-bond acceptors (Lipinski definition) is 4. The van der Waals surface area contributed by atoms with E-state index >= 15 is 0 Å². The summed E-state index contributed by atoms with van der Waals surface area (Å²) in [5.41, 5.74) is 1.10. The molecule has 2 aliphatic rings. The van der Waals surface area contributed by atoms with E-state index in [4.69, 9.17) is 0 Å². The van der Waals surface area contributed by atoms with E-state index in [1.54, 1.807) is 16.8 Å². The molecule has 1 N–H and O–H groups in total. The monoisotopic (exact) mass is 358 g/mol. The molecule has 3 rings (SSSR count). The Hall–Kier alpha value is -2.41. The number of benzene rings is 1. The van der Waals surface area contributed by atoms with Crippen molar-refractivity contribution in [3.63, 3.8) is 0 Å². The number of rotatable bonds is 5. The van der Waals surface area contributed by atoms with Crippen molar-refractivity contribution in [3.8, 4) is 0 Å². The fourth-order valence-electron chi connectivity index (χ4n) is 2.98. The maximum Gasteiger partial charge on any atom is 0.311 e. The lowest BCUT2D eigenvalue weighted by atomic mass is 10.2. The highest BCUT2D eigenvalue weighted by molar-refractivity contribution is 6.35. The first kappa shape index (κ1) is 18.4. The number of amides is 3. The Morgan fingerprint density at radius 2 is 1.73 bits per heavy atom. The van der Waals surface area contributed by atoms with Crippen LogP contribution < -0.4 is 5.32 Å². The van der Waals surface area contributed by atoms with Crippen LogP contribution >= 0.6 is 0 Å². The highest BCUT2D eigenvalue weighted by Gasteiger charge is 2.31. The highest BCUT2D eigenvalue weighted by Crippen LogP contribution is 2.18. The quantitative estimate of drug-likeness (QED) is 0.756. The first-order chi connectivity index (χ1) is 12.5. The molecule has 3 amide bonds. The molecular formula is C19H26N4O3. The number of piperazine rings is 1. The largest absolute Gasteiger partial charge is 0.345 e. The molecule has 1 saturated carbocycles. The number of nitrogens with one attached hydrogen (secondary N) is 1. The maximum absolute atomic E-state index is 12.4. The van der Waals surface area contributed by atoms with Gasteiger partial charge in [0.25, 0.3) is 0 Å². The van der Waals surface area contributed by atoms with Crippen molar-refractivity contribution in [1.29, 1.82) is 0 Å². The van der Waals surface area contributed by atoms with Gasteiger partial charge in [0.2, 0.25) is 5.91 Å². The zero-order chi connectivity index (χ0) is 18.5. The second-order valence-electron chi connectivity index (χ2n) is 7.05. The highest BCUT2D eigenvalue weighted by atomic mass is 16.2. The molecule has 0 bridgehead atoms. The van der Waals surface area contributed by atoms with Gasteiger partial charge in [0.1, 0.15) is 0 Å². The van der Waals surface area contributed by atoms with Crippen molar-refractivity contribution in [2.24, 2.45) is 0 Å². The van der Waals surface area contributed by atoms with Crippen LogP contribution in [0, 0.1) is 0 Å². The lowest BCUT2D eigenvalue weighted by molar-refractivity contribution is -0.147. The minimum Gasteiger partial charge on any atom is -0.345 e. The molecule has 2 fully saturated rings. The minimum atomic E-state index is -0.500. The fourth-order valence-corrected chi connectivity index (χ4v) is 2.98. The molecular weight excluding hydrogens is 332 g/mol. The average Bonchev–Trinajstić information content (AvgIpc) is 3.46. The topological polar surface area (TPSA) is 73.0 Å². The van der Waals surface area contributed by atoms with Crippen molar-refractivity contribution in [2.45, 2.75) is 25.4 Å². The van der Waals surface area contributed by atoms with E-state index in [9.17, 15) is 14.4 Å². The summed E-state index contributed by atoms with van der Waals surface area (Å²) in [6, 6.07) is 10.1. The standard InChI is InChI=1S/C19H26N4O3/c1-21(13-15-5-3-2-4-6-15)17(24)14-22-9-11-23(12-10-22)19(26)18(25)20-16-7-8-16/h2-6,16H,7-14H2,1H3,(H,20,25). The minimum absolute atomic E-state index is 0.0557. The van der Waals surface area contributed by atoms with Gasteiger partial charge in [0, 0.05) is 45.8 Å². The summed E-state index contributed by atoms with van der Waals surface area (Å²) < 4.78 is 0. The summed E-state index contributed by atoms with van der Waals surface area (Å²) in [7, 11) is 1.80. The molecule has 1 aromatic carbocycles. The van der Waals surface area contributed by atoms with Crippen molar-refractivity contribution < 1.29 is 14.4 Å². The van der Waals surface area contributed by atoms with Gasteiger partial charge in [-0.05, 0) is 18.4 Å². The third-order valence-electron chi connectivity index (χ3n) is 4.81. The van der Waals surface area contributed by atoms with Crippen LogP contribution in [0.4, 0.5) is 0 Å². The Kier molecular flexibility index (Phi) is 5.88. The van der Waals surface area contributed by atoms with Gasteiger partial charge >= 0.3 is 11.8 Å². The van der Waals surface area contributed by atoms with Gasteiger partial charge in [0.15, 0.2) is 0 Å². The summed E-state index contributed by atoms with van der Waals surface area (Å²) in [6.45, 7) is 3.08. The molecule has 7 heteroatoms. The molecule has 1 saturated heterocycles. The second kappa shape index (κ2) is 8.31. The first-order valence-corrected chi connectivity index (χ1v) is 9.13. The predicted molar refractivity (Wildman–Crippen MR) is 97.1 cm³/mol. The summed E-state index contributed by atoms with van der Waals surface area (Å²) in [5.74, 6) is -0.899. The van der Waals surface area contributed by atoms with E-state index in [-0.39, 0.29) is 11.9 Å². The van der Waals surface area contributed by atoms with Crippen molar-refractivity contribution in [3.05, 3.63) is 35.9 Å². The van der Waals surface area contributed by atoms with Gasteiger partial charge in [-0.25, -0.2) is 0 Å². The Bertz CT molecular complexity index is 652. The van der Waals surface area contributed by atoms with E-state index in [0.29, 0.717) is 39.3 Å². The van der Waals surface area contributed by atoms with Gasteiger partial charge < -0.3 is 15.1 Å². The van der Waals surface area contributed by atoms with E-state index in [1.807, 2.05) is 35.2 Å². The van der Waals surface area contributed by atoms with E-state index < -0.39 is 11.8 Å². The molecule has 7 nitrogen and oxygen atoms in total. The van der Waals surface area contributed by atoms with Crippen molar-refractivity contribution >= 4 is 17.7 Å². The molecule has 1 heterocycles. The lowest BCUT2D eigenvalue weighted by Crippen LogP contribution is -2.54. The van der Waals surface area contributed by atoms with E-state index in [0.717, 1.165) is 18.4 Å². The number of carbonyl (C=O) groups excluding carboxylic acids is 3. The molecule has 0 atom stereocenters. The van der Waals surface area contributed by atoms with Crippen LogP contribution in [-0.4, -0.2) is 78.2 Å². The predicted octanol–water partition coefficient (Wildman–Crippen LogP) is 0.0678. The van der Waals surface area contributed by atoms with Crippen molar-refractivity contribution in [1.82, 2.24) is 20.0 Å². The number of hydrogen-bond donors (Lipinski definition) is 1. The number of nitrogens with zero attached hydrogens (tertiary/aromatic N) is 3. The molecule has 1 aliphatic carbocycles. The Morgan fingerprint density at radius 1 is 1.08 bits per heavy atom. The van der Waals surface area contributed by atoms with Crippen LogP contribution in [0.2, 0.25) is 0 Å². The van der Waals surface area contributed by atoms with Crippen LogP contribution in [0.3, 0.4) is 0 Å². The molecule has 1 aromatic rings. The zero-order valence-corrected chi connectivity index (χ0v) is 15.2. The molecule has 0 spiro atoms. The zero-order valence-electron chi connectivity index (χ0n) is 15.2. The van der Waals surface area contributed by atoms with Gasteiger partial charge in [-0.15, -0.1) is 0 Å². The Labute approximate surface area is 153 Å². The number of likely N-dealkylation sites (N-methyl/N-ethyl adjacent to an activating group) is 1. The molecule has 0 radical (unpaired) electrons. The molecule has 140 valence electrons. The first-order valence-electron chi connectivity index (χ1n) is 9.13. The van der Waals surface area contributed by atoms with Gasteiger partial charge in [-0.3, -0.25) is 19.3 Å². The van der Waals surface area contributed by atoms with E-state index in [1.165, 1.54) is 0 Å². The van der Waals surface area contributed by atoms with Crippen LogP contribution in [0.15, 0.2) is 30.3 Å². The molecule has 0 unspecified atom stereocenters. The summed E-state index contributed by atoms with van der Waals surface area (Å²) >= 11 is 0. The SMILES string of the molecule is CN(Cc1ccccc1)C(=O)CN1CCN(C(=O)C(=O)NC2CC2)CC1. The molecule has 0 aromatic heterocycles. The third kappa shape index (κ3) is 5.05. The van der Waals surface area contributed by atoms with Gasteiger partial charge in [0.05, 0.1) is 6.54 Å². The van der Waals surface area contributed by atoms with Gasteiger partial charge in [-0.2, -0.15) is 0 Å². The Morgan fingerprint density at radius 3 is 2.35 bits per heavy atom. The lowest BCUT2D eigenvalue weighted by Gasteiger charge is -2.34. The summed E-state index contributed by atoms with van der Waals surface area (Å²) in [6.07, 6.45) is 1.93. The van der Waals surface area contributed by atoms with Crippen LogP contribution in [0.25, 0.3) is 0 Å². The molecule has 1 aliphatic heterocycles. The van der Waals surface area contributed by atoms with Gasteiger partial charge in [-0.1, -0.05) is 30.3 Å². The van der Waals surface area contributed by atoms with Crippen LogP contribution in [-0.2, 0) is 20.9 Å². The van der Waals surface area contributed by atoms with Crippen molar-refractivity contribution in [2.75, 3.05) is 39.8 Å². The summed E-state index contributed by atoms with van der Waals surface area (Å²) in [4.78, 5) is 41.7.